The number of hydrogen-bond donors (Lipinski definition) is 1. The molecule has 0 fully saturated rings. The summed E-state index contributed by atoms with van der Waals surface area (Å²) >= 11 is 0. The van der Waals surface area contributed by atoms with Crippen LogP contribution in [0.3, 0.4) is 0 Å². The highest BCUT2D eigenvalue weighted by atomic mass is 16.5. The topological polar surface area (TPSA) is 29.5 Å². The van der Waals surface area contributed by atoms with Gasteiger partial charge < -0.3 is 9.84 Å². The van der Waals surface area contributed by atoms with E-state index in [2.05, 4.69) is 5.92 Å². The molecule has 0 aromatic rings. The Kier molecular flexibility index (Phi) is 4.66. The van der Waals surface area contributed by atoms with Crippen LogP contribution in [0.25, 0.3) is 0 Å². The molecule has 0 aliphatic heterocycles. The van der Waals surface area contributed by atoms with Crippen molar-refractivity contribution in [3.05, 3.63) is 11.8 Å². The second-order valence-corrected chi connectivity index (χ2v) is 1.54. The highest BCUT2D eigenvalue weighted by Gasteiger charge is 1.79. The quantitative estimate of drug-likeness (QED) is 0.339. The fraction of sp³-hybridized carbons (Fsp3) is 0.429. The molecule has 0 amide bonds. The average molecular weight is 126 g/mol. The molecular weight excluding hydrogens is 116 g/mol. The first-order valence-electron chi connectivity index (χ1n) is 2.67. The number of rotatable bonds is 3. The fourth-order valence-corrected chi connectivity index (χ4v) is 0.271. The molecule has 0 aliphatic rings. The van der Waals surface area contributed by atoms with Crippen LogP contribution in [0.1, 0.15) is 6.92 Å². The molecule has 0 unspecified atom stereocenters. The molecule has 2 heteroatoms. The Bertz CT molecular complexity index is 130. The van der Waals surface area contributed by atoms with Crippen molar-refractivity contribution >= 4 is 0 Å². The summed E-state index contributed by atoms with van der Waals surface area (Å²) in [6, 6.07) is 0. The van der Waals surface area contributed by atoms with Crippen LogP contribution in [0.15, 0.2) is 11.8 Å². The number of aliphatic hydroxyl groups is 1. The molecular formula is C7H10O2. The van der Waals surface area contributed by atoms with E-state index in [0.717, 1.165) is 5.57 Å². The minimum Gasteiger partial charge on any atom is -0.498 e. The summed E-state index contributed by atoms with van der Waals surface area (Å²) in [5, 5.41) is 8.25. The average Bonchev–Trinajstić information content (AvgIpc) is 1.89. The van der Waals surface area contributed by atoms with Gasteiger partial charge >= 0.3 is 0 Å². The van der Waals surface area contributed by atoms with Crippen LogP contribution in [0.4, 0.5) is 0 Å². The van der Waals surface area contributed by atoms with Gasteiger partial charge in [-0.25, -0.2) is 0 Å². The van der Waals surface area contributed by atoms with E-state index in [-0.39, 0.29) is 6.61 Å². The molecule has 50 valence electrons. The van der Waals surface area contributed by atoms with Crippen molar-refractivity contribution in [3.63, 3.8) is 0 Å². The van der Waals surface area contributed by atoms with Crippen LogP contribution in [0.2, 0.25) is 0 Å². The lowest BCUT2D eigenvalue weighted by Crippen LogP contribution is -1.92. The van der Waals surface area contributed by atoms with Crippen LogP contribution >= 0.6 is 0 Å². The smallest absolute Gasteiger partial charge is 0.110 e. The zero-order chi connectivity index (χ0) is 7.11. The third-order valence-corrected chi connectivity index (χ3v) is 0.697. The van der Waals surface area contributed by atoms with Gasteiger partial charge in [0.2, 0.25) is 0 Å². The monoisotopic (exact) mass is 126 g/mol. The van der Waals surface area contributed by atoms with E-state index < -0.39 is 0 Å². The first-order chi connectivity index (χ1) is 4.31. The first-order valence-corrected chi connectivity index (χ1v) is 2.67. The zero-order valence-electron chi connectivity index (χ0n) is 5.42. The predicted octanol–water partition coefficient (Wildman–Crippen LogP) is 0.532. The van der Waals surface area contributed by atoms with E-state index in [9.17, 15) is 0 Å². The Morgan fingerprint density at radius 2 is 2.56 bits per heavy atom. The summed E-state index contributed by atoms with van der Waals surface area (Å²) in [5.74, 6) is 2.38. The molecule has 0 rings (SSSR count). The second-order valence-electron chi connectivity index (χ2n) is 1.54. The molecule has 0 radical (unpaired) electrons. The minimum absolute atomic E-state index is 0.0222. The van der Waals surface area contributed by atoms with E-state index in [1.165, 1.54) is 6.26 Å². The molecule has 0 spiro atoms. The van der Waals surface area contributed by atoms with Crippen LogP contribution in [-0.2, 0) is 4.74 Å². The van der Waals surface area contributed by atoms with E-state index in [1.807, 2.05) is 0 Å². The van der Waals surface area contributed by atoms with Gasteiger partial charge in [0.1, 0.15) is 6.61 Å². The lowest BCUT2D eigenvalue weighted by atomic mass is 10.4. The van der Waals surface area contributed by atoms with Gasteiger partial charge in [-0.1, -0.05) is 5.92 Å². The van der Waals surface area contributed by atoms with Gasteiger partial charge in [0.05, 0.1) is 12.9 Å². The molecule has 9 heavy (non-hydrogen) atoms. The van der Waals surface area contributed by atoms with Crippen LogP contribution < -0.4 is 0 Å². The predicted molar refractivity (Wildman–Crippen MR) is 35.6 cm³/mol. The maximum atomic E-state index is 8.25. The van der Waals surface area contributed by atoms with E-state index in [0.29, 0.717) is 6.61 Å². The van der Waals surface area contributed by atoms with Crippen molar-refractivity contribution in [3.8, 4) is 12.3 Å². The maximum absolute atomic E-state index is 8.25. The molecule has 0 aliphatic carbocycles. The summed E-state index contributed by atoms with van der Waals surface area (Å²) in [4.78, 5) is 0. The highest BCUT2D eigenvalue weighted by molar-refractivity contribution is 5.20. The normalized spacial score (nSPS) is 10.6. The van der Waals surface area contributed by atoms with Crippen molar-refractivity contribution in [1.29, 1.82) is 0 Å². The lowest BCUT2D eigenvalue weighted by Gasteiger charge is -1.94. The Morgan fingerprint density at radius 3 is 3.00 bits per heavy atom. The van der Waals surface area contributed by atoms with Gasteiger partial charge in [-0.05, 0) is 6.92 Å². The molecule has 0 bridgehead atoms. The Hall–Kier alpha value is -0.940. The minimum atomic E-state index is 0.0222. The van der Waals surface area contributed by atoms with Crippen molar-refractivity contribution in [2.45, 2.75) is 6.92 Å². The van der Waals surface area contributed by atoms with Crippen molar-refractivity contribution in [2.75, 3.05) is 13.2 Å². The lowest BCUT2D eigenvalue weighted by molar-refractivity contribution is 0.165. The number of aliphatic hydroxyl groups excluding tert-OH is 1. The number of ether oxygens (including phenoxy) is 1. The summed E-state index contributed by atoms with van der Waals surface area (Å²) in [6.07, 6.45) is 6.45. The van der Waals surface area contributed by atoms with Gasteiger partial charge in [0, 0.05) is 5.57 Å². The summed E-state index contributed by atoms with van der Waals surface area (Å²) in [7, 11) is 0. The van der Waals surface area contributed by atoms with Gasteiger partial charge in [-0.15, -0.1) is 6.42 Å². The summed E-state index contributed by atoms with van der Waals surface area (Å²) < 4.78 is 4.78. The van der Waals surface area contributed by atoms with Gasteiger partial charge in [0.25, 0.3) is 0 Å². The molecule has 0 atom stereocenters. The van der Waals surface area contributed by atoms with E-state index >= 15 is 0 Å². The number of terminal acetylenes is 1. The molecule has 2 nitrogen and oxygen atoms in total. The molecule has 0 saturated heterocycles. The van der Waals surface area contributed by atoms with Crippen molar-refractivity contribution in [1.82, 2.24) is 0 Å². The second kappa shape index (κ2) is 5.20. The largest absolute Gasteiger partial charge is 0.498 e. The van der Waals surface area contributed by atoms with Crippen LogP contribution in [0, 0.1) is 12.3 Å². The maximum Gasteiger partial charge on any atom is 0.110 e. The van der Waals surface area contributed by atoms with Gasteiger partial charge in [0.15, 0.2) is 0 Å². The SMILES string of the molecule is C#C/C(C)=C/OCCO. The van der Waals surface area contributed by atoms with E-state index in [1.54, 1.807) is 6.92 Å². The fourth-order valence-electron chi connectivity index (χ4n) is 0.271. The van der Waals surface area contributed by atoms with Crippen LogP contribution in [-0.4, -0.2) is 18.3 Å². The molecule has 1 N–H and O–H groups in total. The summed E-state index contributed by atoms with van der Waals surface area (Å²) in [5.41, 5.74) is 0.725. The Labute approximate surface area is 55.1 Å². The first kappa shape index (κ1) is 8.06. The third kappa shape index (κ3) is 4.92. The molecule has 0 aromatic heterocycles. The number of allylic oxidation sites excluding steroid dienone is 1. The Morgan fingerprint density at radius 1 is 1.89 bits per heavy atom. The van der Waals surface area contributed by atoms with Gasteiger partial charge in [-0.2, -0.15) is 0 Å². The van der Waals surface area contributed by atoms with E-state index in [4.69, 9.17) is 16.3 Å². The van der Waals surface area contributed by atoms with Crippen molar-refractivity contribution in [2.24, 2.45) is 0 Å². The Balaban J connectivity index is 3.35. The van der Waals surface area contributed by atoms with Crippen LogP contribution in [0.5, 0.6) is 0 Å². The molecule has 0 saturated carbocycles. The highest BCUT2D eigenvalue weighted by Crippen LogP contribution is 1.87. The number of hydrogen-bond acceptors (Lipinski definition) is 2. The standard InChI is InChI=1S/C7H10O2/c1-3-7(2)6-9-5-4-8/h1,6,8H,4-5H2,2H3/b7-6+. The molecule has 0 aromatic carbocycles. The van der Waals surface area contributed by atoms with Crippen molar-refractivity contribution < 1.29 is 9.84 Å². The molecule has 0 heterocycles. The third-order valence-electron chi connectivity index (χ3n) is 0.697. The summed E-state index contributed by atoms with van der Waals surface area (Å²) in [6.45, 7) is 2.09. The van der Waals surface area contributed by atoms with Gasteiger partial charge in [-0.3, -0.25) is 0 Å². The zero-order valence-corrected chi connectivity index (χ0v) is 5.42.